The highest BCUT2D eigenvalue weighted by atomic mass is 79.9. The summed E-state index contributed by atoms with van der Waals surface area (Å²) in [5, 5.41) is 0.441. The average Bonchev–Trinajstić information content (AvgIpc) is 2.73. The Labute approximate surface area is 143 Å². The zero-order chi connectivity index (χ0) is 15.2. The largest absolute Gasteiger partial charge is 0.487 e. The molecule has 0 spiro atoms. The topological polar surface area (TPSA) is 9.23 Å². The molecule has 0 N–H and O–H groups in total. The van der Waals surface area contributed by atoms with Crippen LogP contribution in [0.5, 0.6) is 5.75 Å². The minimum atomic E-state index is -0.243. The summed E-state index contributed by atoms with van der Waals surface area (Å²) >= 11 is 16.3. The molecule has 2 aromatic rings. The van der Waals surface area contributed by atoms with Crippen LogP contribution in [0.2, 0.25) is 5.02 Å². The summed E-state index contributed by atoms with van der Waals surface area (Å²) in [6, 6.07) is 11.8. The molecule has 1 aliphatic heterocycles. The van der Waals surface area contributed by atoms with Crippen LogP contribution in [-0.2, 0) is 6.42 Å². The quantitative estimate of drug-likeness (QED) is 0.563. The van der Waals surface area contributed by atoms with E-state index in [9.17, 15) is 0 Å². The van der Waals surface area contributed by atoms with Crippen LogP contribution in [0.15, 0.2) is 40.9 Å². The fourth-order valence-corrected chi connectivity index (χ4v) is 3.78. The number of ether oxygens (including phenoxy) is 1. The van der Waals surface area contributed by atoms with Crippen molar-refractivity contribution in [1.82, 2.24) is 0 Å². The van der Waals surface area contributed by atoms with E-state index in [1.807, 2.05) is 30.3 Å². The van der Waals surface area contributed by atoms with Gasteiger partial charge in [-0.25, -0.2) is 0 Å². The normalized spacial score (nSPS) is 17.2. The van der Waals surface area contributed by atoms with Gasteiger partial charge < -0.3 is 4.74 Å². The Bertz CT molecular complexity index is 697. The molecule has 1 heterocycles. The van der Waals surface area contributed by atoms with Crippen LogP contribution in [0.25, 0.3) is 0 Å². The fourth-order valence-electron chi connectivity index (χ4n) is 2.68. The Hall–Kier alpha value is -0.700. The van der Waals surface area contributed by atoms with Gasteiger partial charge in [0.2, 0.25) is 0 Å². The van der Waals surface area contributed by atoms with Gasteiger partial charge in [0.05, 0.1) is 5.38 Å². The SMILES string of the molecule is CC1(C)Cc2cc(C(Cl)c3cc(Cl)ccc3Br)ccc2O1. The van der Waals surface area contributed by atoms with E-state index in [4.69, 9.17) is 27.9 Å². The van der Waals surface area contributed by atoms with Gasteiger partial charge in [-0.05, 0) is 54.8 Å². The van der Waals surface area contributed by atoms with Crippen molar-refractivity contribution in [3.05, 3.63) is 62.6 Å². The Balaban J connectivity index is 1.97. The minimum Gasteiger partial charge on any atom is -0.487 e. The summed E-state index contributed by atoms with van der Waals surface area (Å²) in [6.45, 7) is 4.19. The maximum absolute atomic E-state index is 6.65. The molecule has 0 fully saturated rings. The highest BCUT2D eigenvalue weighted by molar-refractivity contribution is 9.10. The van der Waals surface area contributed by atoms with Crippen molar-refractivity contribution in [1.29, 1.82) is 0 Å². The number of halogens is 3. The standard InChI is InChI=1S/C17H15BrCl2O/c1-17(2)9-11-7-10(3-6-15(11)21-17)16(20)13-8-12(19)4-5-14(13)18/h3-8,16H,9H2,1-2H3. The van der Waals surface area contributed by atoms with Gasteiger partial charge in [-0.15, -0.1) is 11.6 Å². The van der Waals surface area contributed by atoms with Crippen molar-refractivity contribution in [3.63, 3.8) is 0 Å². The lowest BCUT2D eigenvalue weighted by molar-refractivity contribution is 0.138. The first-order valence-corrected chi connectivity index (χ1v) is 8.37. The van der Waals surface area contributed by atoms with Gasteiger partial charge in [0, 0.05) is 15.9 Å². The monoisotopic (exact) mass is 384 g/mol. The summed E-state index contributed by atoms with van der Waals surface area (Å²) in [5.41, 5.74) is 3.10. The van der Waals surface area contributed by atoms with Crippen LogP contribution >= 0.6 is 39.1 Å². The van der Waals surface area contributed by atoms with Crippen LogP contribution in [0.1, 0.15) is 35.9 Å². The molecular weight excluding hydrogens is 371 g/mol. The van der Waals surface area contributed by atoms with E-state index in [0.717, 1.165) is 27.8 Å². The molecule has 0 aliphatic carbocycles. The molecule has 0 amide bonds. The second-order valence-electron chi connectivity index (χ2n) is 5.93. The molecule has 1 nitrogen and oxygen atoms in total. The van der Waals surface area contributed by atoms with Crippen LogP contribution in [-0.4, -0.2) is 5.60 Å². The van der Waals surface area contributed by atoms with Crippen molar-refractivity contribution in [3.8, 4) is 5.75 Å². The van der Waals surface area contributed by atoms with E-state index in [2.05, 4.69) is 35.8 Å². The number of benzene rings is 2. The molecule has 1 aliphatic rings. The van der Waals surface area contributed by atoms with Gasteiger partial charge >= 0.3 is 0 Å². The first kappa shape index (κ1) is 15.2. The van der Waals surface area contributed by atoms with Crippen LogP contribution < -0.4 is 4.74 Å². The number of alkyl halides is 1. The molecule has 3 rings (SSSR count). The molecule has 0 saturated heterocycles. The van der Waals surface area contributed by atoms with Gasteiger partial charge in [0.25, 0.3) is 0 Å². The molecule has 1 unspecified atom stereocenters. The van der Waals surface area contributed by atoms with Gasteiger partial charge in [-0.3, -0.25) is 0 Å². The molecule has 1 atom stereocenters. The van der Waals surface area contributed by atoms with E-state index in [1.54, 1.807) is 0 Å². The highest BCUT2D eigenvalue weighted by Crippen LogP contribution is 2.40. The number of rotatable bonds is 2. The number of fused-ring (bicyclic) bond motifs is 1. The molecule has 0 saturated carbocycles. The van der Waals surface area contributed by atoms with E-state index in [-0.39, 0.29) is 11.0 Å². The third-order valence-corrected chi connectivity index (χ3v) is 5.06. The summed E-state index contributed by atoms with van der Waals surface area (Å²) in [4.78, 5) is 0. The van der Waals surface area contributed by atoms with Crippen molar-refractivity contribution >= 4 is 39.1 Å². The second kappa shape index (κ2) is 5.49. The number of hydrogen-bond acceptors (Lipinski definition) is 1. The molecule has 0 radical (unpaired) electrons. The molecule has 4 heteroatoms. The minimum absolute atomic E-state index is 0.139. The summed E-state index contributed by atoms with van der Waals surface area (Å²) in [5.74, 6) is 0.956. The zero-order valence-corrected chi connectivity index (χ0v) is 14.9. The first-order chi connectivity index (χ1) is 9.85. The highest BCUT2D eigenvalue weighted by Gasteiger charge is 2.30. The molecule has 110 valence electrons. The summed E-state index contributed by atoms with van der Waals surface area (Å²) < 4.78 is 6.87. The summed E-state index contributed by atoms with van der Waals surface area (Å²) in [6.07, 6.45) is 0.899. The van der Waals surface area contributed by atoms with Gasteiger partial charge in [0.15, 0.2) is 0 Å². The fraction of sp³-hybridized carbons (Fsp3) is 0.294. The van der Waals surface area contributed by atoms with E-state index in [0.29, 0.717) is 5.02 Å². The maximum atomic E-state index is 6.65. The van der Waals surface area contributed by atoms with Gasteiger partial charge in [-0.2, -0.15) is 0 Å². The van der Waals surface area contributed by atoms with Crippen LogP contribution in [0.3, 0.4) is 0 Å². The van der Waals surface area contributed by atoms with E-state index < -0.39 is 0 Å². The predicted molar refractivity (Wildman–Crippen MR) is 91.7 cm³/mol. The van der Waals surface area contributed by atoms with Crippen LogP contribution in [0.4, 0.5) is 0 Å². The molecule has 2 aromatic carbocycles. The van der Waals surface area contributed by atoms with Gasteiger partial charge in [-0.1, -0.05) is 39.7 Å². The number of hydrogen-bond donors (Lipinski definition) is 0. The maximum Gasteiger partial charge on any atom is 0.123 e. The third kappa shape index (κ3) is 3.08. The van der Waals surface area contributed by atoms with Crippen molar-refractivity contribution in [2.75, 3.05) is 0 Å². The van der Waals surface area contributed by atoms with Crippen molar-refractivity contribution < 1.29 is 4.74 Å². The van der Waals surface area contributed by atoms with E-state index in [1.165, 1.54) is 5.56 Å². The Morgan fingerprint density at radius 2 is 1.95 bits per heavy atom. The Morgan fingerprint density at radius 1 is 1.19 bits per heavy atom. The smallest absolute Gasteiger partial charge is 0.123 e. The van der Waals surface area contributed by atoms with Crippen LogP contribution in [0, 0.1) is 0 Å². The molecular formula is C17H15BrCl2O. The van der Waals surface area contributed by atoms with Crippen molar-refractivity contribution in [2.24, 2.45) is 0 Å². The van der Waals surface area contributed by atoms with E-state index >= 15 is 0 Å². The third-order valence-electron chi connectivity index (χ3n) is 3.61. The molecule has 21 heavy (non-hydrogen) atoms. The lowest BCUT2D eigenvalue weighted by atomic mass is 9.97. The second-order valence-corrected chi connectivity index (χ2v) is 7.66. The lowest BCUT2D eigenvalue weighted by Gasteiger charge is -2.16. The molecule has 0 bridgehead atoms. The first-order valence-electron chi connectivity index (χ1n) is 6.76. The predicted octanol–water partition coefficient (Wildman–Crippen LogP) is 6.14. The van der Waals surface area contributed by atoms with Gasteiger partial charge in [0.1, 0.15) is 11.4 Å². The lowest BCUT2D eigenvalue weighted by Crippen LogP contribution is -2.24. The van der Waals surface area contributed by atoms with Crippen molar-refractivity contribution in [2.45, 2.75) is 31.2 Å². The Morgan fingerprint density at radius 3 is 2.71 bits per heavy atom. The Kier molecular flexibility index (Phi) is 3.98. The molecule has 0 aromatic heterocycles. The zero-order valence-electron chi connectivity index (χ0n) is 11.8. The summed E-state index contributed by atoms with van der Waals surface area (Å²) in [7, 11) is 0. The average molecular weight is 386 g/mol.